The SMILES string of the molecule is CS(=O)(=O)Oc1cccc2cccc(C(N)=O)c12. The Morgan fingerprint density at radius 3 is 2.33 bits per heavy atom. The number of amides is 1. The Labute approximate surface area is 104 Å². The van der Waals surface area contributed by atoms with E-state index >= 15 is 0 Å². The van der Waals surface area contributed by atoms with E-state index in [0.29, 0.717) is 10.8 Å². The third-order valence-corrected chi connectivity index (χ3v) is 2.86. The van der Waals surface area contributed by atoms with Crippen molar-refractivity contribution in [3.63, 3.8) is 0 Å². The van der Waals surface area contributed by atoms with Crippen LogP contribution in [0.3, 0.4) is 0 Å². The molecule has 0 saturated heterocycles. The van der Waals surface area contributed by atoms with Crippen LogP contribution in [0.1, 0.15) is 10.4 Å². The van der Waals surface area contributed by atoms with Crippen molar-refractivity contribution in [2.75, 3.05) is 6.26 Å². The molecule has 0 aliphatic rings. The molecule has 0 aliphatic carbocycles. The molecule has 0 aromatic heterocycles. The van der Waals surface area contributed by atoms with Gasteiger partial charge in [0.1, 0.15) is 0 Å². The lowest BCUT2D eigenvalue weighted by atomic mass is 10.0. The molecule has 0 aliphatic heterocycles. The Kier molecular flexibility index (Phi) is 2.96. The van der Waals surface area contributed by atoms with Crippen LogP contribution in [0.15, 0.2) is 36.4 Å². The molecule has 0 saturated carbocycles. The van der Waals surface area contributed by atoms with Gasteiger partial charge in [-0.2, -0.15) is 8.42 Å². The number of hydrogen-bond acceptors (Lipinski definition) is 4. The van der Waals surface area contributed by atoms with Crippen molar-refractivity contribution in [1.29, 1.82) is 0 Å². The van der Waals surface area contributed by atoms with Crippen LogP contribution >= 0.6 is 0 Å². The minimum Gasteiger partial charge on any atom is -0.382 e. The molecule has 0 radical (unpaired) electrons. The van der Waals surface area contributed by atoms with Crippen molar-refractivity contribution in [1.82, 2.24) is 0 Å². The molecule has 2 rings (SSSR count). The normalized spacial score (nSPS) is 11.4. The molecule has 5 nitrogen and oxygen atoms in total. The Balaban J connectivity index is 2.78. The average molecular weight is 265 g/mol. The van der Waals surface area contributed by atoms with Crippen molar-refractivity contribution in [2.24, 2.45) is 5.73 Å². The molecule has 0 heterocycles. The van der Waals surface area contributed by atoms with Gasteiger partial charge in [0.2, 0.25) is 5.91 Å². The molecule has 1 amide bonds. The first-order valence-corrected chi connectivity index (χ1v) is 6.91. The Hall–Kier alpha value is -2.08. The fourth-order valence-electron chi connectivity index (χ4n) is 1.74. The van der Waals surface area contributed by atoms with Gasteiger partial charge in [0.15, 0.2) is 5.75 Å². The molecule has 0 fully saturated rings. The zero-order valence-electron chi connectivity index (χ0n) is 9.58. The van der Waals surface area contributed by atoms with E-state index in [-0.39, 0.29) is 11.3 Å². The van der Waals surface area contributed by atoms with Crippen LogP contribution < -0.4 is 9.92 Å². The first kappa shape index (κ1) is 12.4. The van der Waals surface area contributed by atoms with Gasteiger partial charge in [-0.3, -0.25) is 4.79 Å². The van der Waals surface area contributed by atoms with Crippen LogP contribution in [-0.2, 0) is 10.1 Å². The first-order valence-electron chi connectivity index (χ1n) is 5.09. The van der Waals surface area contributed by atoms with E-state index in [4.69, 9.17) is 9.92 Å². The van der Waals surface area contributed by atoms with Gasteiger partial charge in [-0.1, -0.05) is 24.3 Å². The molecule has 0 atom stereocenters. The summed E-state index contributed by atoms with van der Waals surface area (Å²) in [6.07, 6.45) is 0.943. The highest BCUT2D eigenvalue weighted by Crippen LogP contribution is 2.29. The van der Waals surface area contributed by atoms with Crippen LogP contribution in [0.25, 0.3) is 10.8 Å². The number of benzene rings is 2. The highest BCUT2D eigenvalue weighted by atomic mass is 32.2. The molecule has 2 N–H and O–H groups in total. The van der Waals surface area contributed by atoms with Gasteiger partial charge in [-0.15, -0.1) is 0 Å². The predicted molar refractivity (Wildman–Crippen MR) is 67.9 cm³/mol. The minimum absolute atomic E-state index is 0.101. The molecule has 6 heteroatoms. The maximum absolute atomic E-state index is 11.3. The second kappa shape index (κ2) is 4.30. The summed E-state index contributed by atoms with van der Waals surface area (Å²) in [6.45, 7) is 0. The van der Waals surface area contributed by atoms with Crippen LogP contribution in [0.4, 0.5) is 0 Å². The molecular formula is C12H11NO4S. The lowest BCUT2D eigenvalue weighted by Crippen LogP contribution is -2.13. The Morgan fingerprint density at radius 1 is 1.17 bits per heavy atom. The molecule has 0 spiro atoms. The smallest absolute Gasteiger partial charge is 0.306 e. The maximum Gasteiger partial charge on any atom is 0.306 e. The summed E-state index contributed by atoms with van der Waals surface area (Å²) in [5.74, 6) is -0.533. The summed E-state index contributed by atoms with van der Waals surface area (Å²) in [4.78, 5) is 11.3. The predicted octanol–water partition coefficient (Wildman–Crippen LogP) is 1.28. The van der Waals surface area contributed by atoms with Crippen molar-refractivity contribution < 1.29 is 17.4 Å². The third kappa shape index (κ3) is 2.43. The van der Waals surface area contributed by atoms with E-state index < -0.39 is 16.0 Å². The Morgan fingerprint density at radius 2 is 1.78 bits per heavy atom. The van der Waals surface area contributed by atoms with E-state index in [0.717, 1.165) is 6.26 Å². The quantitative estimate of drug-likeness (QED) is 0.847. The van der Waals surface area contributed by atoms with Gasteiger partial charge in [-0.25, -0.2) is 0 Å². The molecule has 2 aromatic carbocycles. The van der Waals surface area contributed by atoms with Crippen LogP contribution in [0.2, 0.25) is 0 Å². The number of primary amides is 1. The van der Waals surface area contributed by atoms with Gasteiger partial charge >= 0.3 is 10.1 Å². The van der Waals surface area contributed by atoms with Crippen LogP contribution in [0.5, 0.6) is 5.75 Å². The van der Waals surface area contributed by atoms with E-state index in [9.17, 15) is 13.2 Å². The zero-order chi connectivity index (χ0) is 13.3. The number of nitrogens with two attached hydrogens (primary N) is 1. The molecular weight excluding hydrogens is 254 g/mol. The summed E-state index contributed by atoms with van der Waals surface area (Å²) in [7, 11) is -3.66. The third-order valence-electron chi connectivity index (χ3n) is 2.37. The molecule has 94 valence electrons. The van der Waals surface area contributed by atoms with Gasteiger partial charge < -0.3 is 9.92 Å². The fourth-order valence-corrected chi connectivity index (χ4v) is 2.21. The van der Waals surface area contributed by atoms with Gasteiger partial charge in [0.05, 0.1) is 11.8 Å². The topological polar surface area (TPSA) is 86.5 Å². The van der Waals surface area contributed by atoms with Crippen molar-refractivity contribution >= 4 is 26.8 Å². The standard InChI is InChI=1S/C12H11NO4S/c1-18(15,16)17-10-7-3-5-8-4-2-6-9(11(8)10)12(13)14/h2-7H,1H3,(H2,13,14). The molecule has 2 aromatic rings. The summed E-state index contributed by atoms with van der Waals surface area (Å²) >= 11 is 0. The molecule has 18 heavy (non-hydrogen) atoms. The number of rotatable bonds is 3. The molecule has 0 unspecified atom stereocenters. The highest BCUT2D eigenvalue weighted by molar-refractivity contribution is 7.86. The highest BCUT2D eigenvalue weighted by Gasteiger charge is 2.14. The zero-order valence-corrected chi connectivity index (χ0v) is 10.4. The van der Waals surface area contributed by atoms with Gasteiger partial charge in [0.25, 0.3) is 0 Å². The van der Waals surface area contributed by atoms with Gasteiger partial charge in [-0.05, 0) is 17.5 Å². The summed E-state index contributed by atoms with van der Waals surface area (Å²) in [5.41, 5.74) is 5.50. The number of carbonyl (C=O) groups excluding carboxylic acids is 1. The minimum atomic E-state index is -3.66. The average Bonchev–Trinajstić information content (AvgIpc) is 2.26. The monoisotopic (exact) mass is 265 g/mol. The summed E-state index contributed by atoms with van der Waals surface area (Å²) in [6, 6.07) is 9.82. The van der Waals surface area contributed by atoms with Crippen molar-refractivity contribution in [3.05, 3.63) is 42.0 Å². The second-order valence-electron chi connectivity index (χ2n) is 3.81. The number of carbonyl (C=O) groups is 1. The lowest BCUT2D eigenvalue weighted by molar-refractivity contribution is 0.100. The fraction of sp³-hybridized carbons (Fsp3) is 0.0833. The van der Waals surface area contributed by atoms with E-state index in [2.05, 4.69) is 0 Å². The van der Waals surface area contributed by atoms with Crippen LogP contribution in [-0.4, -0.2) is 20.6 Å². The largest absolute Gasteiger partial charge is 0.382 e. The van der Waals surface area contributed by atoms with E-state index in [1.54, 1.807) is 24.3 Å². The maximum atomic E-state index is 11.3. The van der Waals surface area contributed by atoms with E-state index in [1.807, 2.05) is 0 Å². The van der Waals surface area contributed by atoms with Crippen LogP contribution in [0, 0.1) is 0 Å². The van der Waals surface area contributed by atoms with Crippen molar-refractivity contribution in [2.45, 2.75) is 0 Å². The summed E-state index contributed by atoms with van der Waals surface area (Å²) < 4.78 is 27.2. The lowest BCUT2D eigenvalue weighted by Gasteiger charge is -2.09. The Bertz CT molecular complexity index is 717. The van der Waals surface area contributed by atoms with Crippen molar-refractivity contribution in [3.8, 4) is 5.75 Å². The second-order valence-corrected chi connectivity index (χ2v) is 5.39. The van der Waals surface area contributed by atoms with E-state index in [1.165, 1.54) is 12.1 Å². The summed E-state index contributed by atoms with van der Waals surface area (Å²) in [5, 5.41) is 1.09. The molecule has 0 bridgehead atoms. The number of hydrogen-bond donors (Lipinski definition) is 1. The van der Waals surface area contributed by atoms with Gasteiger partial charge in [0, 0.05) is 5.39 Å². The first-order chi connectivity index (χ1) is 8.38. The number of fused-ring (bicyclic) bond motifs is 1.